The normalized spacial score (nSPS) is 28.2. The predicted octanol–water partition coefficient (Wildman–Crippen LogP) is 0.625. The Labute approximate surface area is 118 Å². The van der Waals surface area contributed by atoms with Gasteiger partial charge in [-0.2, -0.15) is 15.0 Å². The molecule has 2 heterocycles. The molecule has 0 spiro atoms. The summed E-state index contributed by atoms with van der Waals surface area (Å²) in [5.74, 6) is 1.39. The topological polar surface area (TPSA) is 100 Å². The second-order valence-electron chi connectivity index (χ2n) is 6.28. The molecular weight excluding hydrogens is 256 g/mol. The van der Waals surface area contributed by atoms with Crippen molar-refractivity contribution in [3.8, 4) is 0 Å². The minimum Gasteiger partial charge on any atom is -0.392 e. The number of nitrogen functional groups attached to an aromatic ring is 1. The highest BCUT2D eigenvalue weighted by Gasteiger charge is 2.47. The summed E-state index contributed by atoms with van der Waals surface area (Å²) >= 11 is 0. The van der Waals surface area contributed by atoms with Gasteiger partial charge in [0.25, 0.3) is 0 Å². The Bertz CT molecular complexity index is 500. The van der Waals surface area contributed by atoms with Gasteiger partial charge in [0.1, 0.15) is 0 Å². The zero-order chi connectivity index (χ0) is 14.3. The number of aliphatic hydroxyl groups excluding tert-OH is 1. The molecule has 0 aromatic carbocycles. The molecule has 1 saturated carbocycles. The van der Waals surface area contributed by atoms with Crippen LogP contribution in [0.1, 0.15) is 33.1 Å². The Morgan fingerprint density at radius 2 is 1.95 bits per heavy atom. The van der Waals surface area contributed by atoms with Crippen LogP contribution in [0.25, 0.3) is 0 Å². The molecule has 0 radical (unpaired) electrons. The highest BCUT2D eigenvalue weighted by molar-refractivity contribution is 5.43. The molecule has 1 aromatic rings. The summed E-state index contributed by atoms with van der Waals surface area (Å²) in [4.78, 5) is 15.0. The lowest BCUT2D eigenvalue weighted by atomic mass is 9.65. The maximum absolute atomic E-state index is 9.78. The summed E-state index contributed by atoms with van der Waals surface area (Å²) < 4.78 is 0. The van der Waals surface area contributed by atoms with Crippen molar-refractivity contribution in [2.75, 3.05) is 29.0 Å². The van der Waals surface area contributed by atoms with Crippen LogP contribution >= 0.6 is 0 Å². The summed E-state index contributed by atoms with van der Waals surface area (Å²) in [6, 6.07) is 0.158. The van der Waals surface area contributed by atoms with Gasteiger partial charge in [-0.15, -0.1) is 0 Å². The Morgan fingerprint density at radius 1 is 1.25 bits per heavy atom. The van der Waals surface area contributed by atoms with Crippen LogP contribution in [0.5, 0.6) is 0 Å². The van der Waals surface area contributed by atoms with Crippen LogP contribution < -0.4 is 16.0 Å². The van der Waals surface area contributed by atoms with Crippen molar-refractivity contribution in [3.05, 3.63) is 0 Å². The number of nitrogens with one attached hydrogen (secondary N) is 1. The zero-order valence-corrected chi connectivity index (χ0v) is 12.0. The van der Waals surface area contributed by atoms with Crippen molar-refractivity contribution in [1.29, 1.82) is 0 Å². The summed E-state index contributed by atoms with van der Waals surface area (Å²) in [7, 11) is 0. The van der Waals surface area contributed by atoms with Crippen LogP contribution in [0.4, 0.5) is 17.8 Å². The SMILES string of the molecule is CC1(C)C(O)CC1Nc1nc(N)nc(N2CCCC2)n1. The fourth-order valence-corrected chi connectivity index (χ4v) is 2.81. The first-order chi connectivity index (χ1) is 9.46. The van der Waals surface area contributed by atoms with Crippen LogP contribution in [0, 0.1) is 5.41 Å². The second-order valence-corrected chi connectivity index (χ2v) is 6.28. The number of nitrogens with two attached hydrogens (primary N) is 1. The zero-order valence-electron chi connectivity index (χ0n) is 12.0. The van der Waals surface area contributed by atoms with E-state index in [4.69, 9.17) is 5.73 Å². The van der Waals surface area contributed by atoms with E-state index in [-0.39, 0.29) is 23.5 Å². The van der Waals surface area contributed by atoms with E-state index >= 15 is 0 Å². The number of nitrogens with zero attached hydrogens (tertiary/aromatic N) is 4. The third-order valence-electron chi connectivity index (χ3n) is 4.55. The molecule has 20 heavy (non-hydrogen) atoms. The molecule has 7 heteroatoms. The average molecular weight is 278 g/mol. The maximum atomic E-state index is 9.78. The summed E-state index contributed by atoms with van der Waals surface area (Å²) in [5, 5.41) is 13.1. The summed E-state index contributed by atoms with van der Waals surface area (Å²) in [5.41, 5.74) is 5.61. The van der Waals surface area contributed by atoms with Gasteiger partial charge in [-0.1, -0.05) is 13.8 Å². The fraction of sp³-hybridized carbons (Fsp3) is 0.769. The molecular formula is C13H22N6O. The molecule has 2 atom stereocenters. The molecule has 1 aromatic heterocycles. The molecule has 4 N–H and O–H groups in total. The van der Waals surface area contributed by atoms with Gasteiger partial charge in [0.2, 0.25) is 17.8 Å². The van der Waals surface area contributed by atoms with Gasteiger partial charge >= 0.3 is 0 Å². The number of anilines is 3. The molecule has 0 bridgehead atoms. The van der Waals surface area contributed by atoms with E-state index in [1.54, 1.807) is 0 Å². The minimum absolute atomic E-state index is 0.158. The van der Waals surface area contributed by atoms with Gasteiger partial charge in [-0.05, 0) is 19.3 Å². The average Bonchev–Trinajstić information content (AvgIpc) is 2.91. The van der Waals surface area contributed by atoms with Crippen molar-refractivity contribution in [2.45, 2.75) is 45.3 Å². The van der Waals surface area contributed by atoms with E-state index < -0.39 is 0 Å². The number of aliphatic hydroxyl groups is 1. The molecule has 2 aliphatic rings. The van der Waals surface area contributed by atoms with Crippen LogP contribution in [0.2, 0.25) is 0 Å². The van der Waals surface area contributed by atoms with Crippen molar-refractivity contribution in [1.82, 2.24) is 15.0 Å². The Balaban J connectivity index is 1.76. The van der Waals surface area contributed by atoms with Crippen molar-refractivity contribution < 1.29 is 5.11 Å². The summed E-state index contributed by atoms with van der Waals surface area (Å²) in [6.07, 6.45) is 2.75. The van der Waals surface area contributed by atoms with Gasteiger partial charge in [0.05, 0.1) is 6.10 Å². The van der Waals surface area contributed by atoms with Gasteiger partial charge in [-0.25, -0.2) is 0 Å². The molecule has 7 nitrogen and oxygen atoms in total. The minimum atomic E-state index is -0.280. The molecule has 2 fully saturated rings. The van der Waals surface area contributed by atoms with Gasteiger partial charge < -0.3 is 21.1 Å². The van der Waals surface area contributed by atoms with Gasteiger partial charge in [0.15, 0.2) is 0 Å². The maximum Gasteiger partial charge on any atom is 0.231 e. The van der Waals surface area contributed by atoms with Crippen LogP contribution in [-0.2, 0) is 0 Å². The molecule has 1 aliphatic heterocycles. The smallest absolute Gasteiger partial charge is 0.231 e. The number of hydrogen-bond donors (Lipinski definition) is 3. The predicted molar refractivity (Wildman–Crippen MR) is 77.5 cm³/mol. The third-order valence-corrected chi connectivity index (χ3v) is 4.55. The van der Waals surface area contributed by atoms with E-state index in [1.807, 2.05) is 13.8 Å². The van der Waals surface area contributed by atoms with E-state index in [2.05, 4.69) is 25.2 Å². The Hall–Kier alpha value is -1.63. The first-order valence-electron chi connectivity index (χ1n) is 7.18. The first-order valence-corrected chi connectivity index (χ1v) is 7.18. The lowest BCUT2D eigenvalue weighted by Crippen LogP contribution is -2.57. The fourth-order valence-electron chi connectivity index (χ4n) is 2.81. The Kier molecular flexibility index (Phi) is 3.16. The number of hydrogen-bond acceptors (Lipinski definition) is 7. The van der Waals surface area contributed by atoms with Crippen molar-refractivity contribution >= 4 is 17.8 Å². The lowest BCUT2D eigenvalue weighted by molar-refractivity contribution is -0.0512. The number of aromatic nitrogens is 3. The van der Waals surface area contributed by atoms with E-state index in [1.165, 1.54) is 0 Å². The van der Waals surface area contributed by atoms with Crippen molar-refractivity contribution in [2.24, 2.45) is 5.41 Å². The van der Waals surface area contributed by atoms with Crippen molar-refractivity contribution in [3.63, 3.8) is 0 Å². The van der Waals surface area contributed by atoms with E-state index in [0.717, 1.165) is 25.9 Å². The second kappa shape index (κ2) is 4.73. The lowest BCUT2D eigenvalue weighted by Gasteiger charge is -2.49. The van der Waals surface area contributed by atoms with E-state index in [9.17, 15) is 5.11 Å². The molecule has 110 valence electrons. The van der Waals surface area contributed by atoms with E-state index in [0.29, 0.717) is 18.3 Å². The summed E-state index contributed by atoms with van der Waals surface area (Å²) in [6.45, 7) is 6.00. The van der Waals surface area contributed by atoms with Crippen LogP contribution in [-0.4, -0.2) is 45.3 Å². The standard InChI is InChI=1S/C13H22N6O/c1-13(2)8(7-9(13)20)15-11-16-10(14)17-12(18-11)19-5-3-4-6-19/h8-9,20H,3-7H2,1-2H3,(H3,14,15,16,17,18). The Morgan fingerprint density at radius 3 is 2.55 bits per heavy atom. The van der Waals surface area contributed by atoms with Gasteiger partial charge in [0, 0.05) is 24.5 Å². The molecule has 2 unspecified atom stereocenters. The highest BCUT2D eigenvalue weighted by atomic mass is 16.3. The van der Waals surface area contributed by atoms with Crippen LogP contribution in [0.3, 0.4) is 0 Å². The van der Waals surface area contributed by atoms with Gasteiger partial charge in [-0.3, -0.25) is 0 Å². The molecule has 3 rings (SSSR count). The molecule has 1 saturated heterocycles. The highest BCUT2D eigenvalue weighted by Crippen LogP contribution is 2.41. The first kappa shape index (κ1) is 13.4. The number of rotatable bonds is 3. The monoisotopic (exact) mass is 278 g/mol. The largest absolute Gasteiger partial charge is 0.392 e. The molecule has 1 aliphatic carbocycles. The molecule has 0 amide bonds. The third kappa shape index (κ3) is 2.26. The quantitative estimate of drug-likeness (QED) is 0.745. The van der Waals surface area contributed by atoms with Crippen LogP contribution in [0.15, 0.2) is 0 Å².